The molecule has 1 spiro atoms. The summed E-state index contributed by atoms with van der Waals surface area (Å²) in [6.07, 6.45) is 0.481. The molecule has 0 saturated carbocycles. The minimum absolute atomic E-state index is 0.00354. The summed E-state index contributed by atoms with van der Waals surface area (Å²) in [6, 6.07) is 8.70. The van der Waals surface area contributed by atoms with Crippen LogP contribution in [0.1, 0.15) is 24.5 Å². The van der Waals surface area contributed by atoms with Crippen LogP contribution in [-0.2, 0) is 4.79 Å². The summed E-state index contributed by atoms with van der Waals surface area (Å²) in [5.41, 5.74) is -0.0306. The summed E-state index contributed by atoms with van der Waals surface area (Å²) in [5.74, 6) is 1.56. The third kappa shape index (κ3) is 2.65. The Morgan fingerprint density at radius 3 is 2.57 bits per heavy atom. The van der Waals surface area contributed by atoms with Gasteiger partial charge in [0.25, 0.3) is 5.91 Å². The van der Waals surface area contributed by atoms with Gasteiger partial charge in [-0.05, 0) is 29.9 Å². The molecule has 1 aromatic carbocycles. The summed E-state index contributed by atoms with van der Waals surface area (Å²) >= 11 is 1.80. The quantitative estimate of drug-likeness (QED) is 0.831. The highest BCUT2D eigenvalue weighted by Crippen LogP contribution is 2.33. The number of carbonyl (C=O) groups is 2. The van der Waals surface area contributed by atoms with Gasteiger partial charge < -0.3 is 10.4 Å². The molecular formula is C15H18N2O3S. The number of thioether (sulfide) groups is 1. The van der Waals surface area contributed by atoms with E-state index < -0.39 is 11.6 Å². The van der Waals surface area contributed by atoms with Crippen molar-refractivity contribution in [1.29, 1.82) is 0 Å². The van der Waals surface area contributed by atoms with Crippen molar-refractivity contribution in [2.75, 3.05) is 18.1 Å². The van der Waals surface area contributed by atoms with Gasteiger partial charge in [-0.1, -0.05) is 30.3 Å². The second kappa shape index (κ2) is 5.69. The number of benzene rings is 1. The molecule has 0 aliphatic carbocycles. The van der Waals surface area contributed by atoms with Crippen LogP contribution in [0.25, 0.3) is 0 Å². The monoisotopic (exact) mass is 306 g/mol. The number of imide groups is 1. The smallest absolute Gasteiger partial charge is 0.325 e. The Balaban J connectivity index is 1.74. The van der Waals surface area contributed by atoms with E-state index in [1.807, 2.05) is 18.2 Å². The lowest BCUT2D eigenvalue weighted by Crippen LogP contribution is -2.49. The Bertz CT molecular complexity index is 543. The Hall–Kier alpha value is -1.53. The van der Waals surface area contributed by atoms with Gasteiger partial charge in [-0.2, -0.15) is 11.8 Å². The molecule has 2 aliphatic rings. The number of β-amino-alcohol motifs (C(OH)–C–C–N with tert-alkyl or cyclic N) is 1. The molecule has 2 N–H and O–H groups in total. The molecule has 0 aromatic heterocycles. The SMILES string of the molecule is O=C1NC2(CCSCC2)C(=O)N1C[C@H](O)c1ccccc1. The molecule has 0 unspecified atom stereocenters. The lowest BCUT2D eigenvalue weighted by atomic mass is 9.92. The van der Waals surface area contributed by atoms with Crippen LogP contribution < -0.4 is 5.32 Å². The highest BCUT2D eigenvalue weighted by atomic mass is 32.2. The average molecular weight is 306 g/mol. The summed E-state index contributed by atoms with van der Waals surface area (Å²) in [6.45, 7) is 0.00354. The van der Waals surface area contributed by atoms with Gasteiger partial charge in [0.2, 0.25) is 0 Å². The second-order valence-corrected chi connectivity index (χ2v) is 6.69. The maximum absolute atomic E-state index is 12.6. The summed E-state index contributed by atoms with van der Waals surface area (Å²) < 4.78 is 0. The van der Waals surface area contributed by atoms with E-state index in [4.69, 9.17) is 0 Å². The number of urea groups is 1. The van der Waals surface area contributed by atoms with E-state index in [1.165, 1.54) is 0 Å². The van der Waals surface area contributed by atoms with E-state index in [0.29, 0.717) is 18.4 Å². The molecule has 0 radical (unpaired) electrons. The van der Waals surface area contributed by atoms with E-state index in [1.54, 1.807) is 23.9 Å². The molecule has 2 saturated heterocycles. The Morgan fingerprint density at radius 1 is 1.24 bits per heavy atom. The molecular weight excluding hydrogens is 288 g/mol. The van der Waals surface area contributed by atoms with Crippen molar-refractivity contribution in [3.05, 3.63) is 35.9 Å². The number of aliphatic hydroxyl groups is 1. The number of nitrogens with zero attached hydrogens (tertiary/aromatic N) is 1. The van der Waals surface area contributed by atoms with E-state index >= 15 is 0 Å². The number of rotatable bonds is 3. The topological polar surface area (TPSA) is 69.6 Å². The molecule has 3 rings (SSSR count). The molecule has 1 aromatic rings. The zero-order valence-corrected chi connectivity index (χ0v) is 12.4. The van der Waals surface area contributed by atoms with E-state index in [-0.39, 0.29) is 18.5 Å². The predicted molar refractivity (Wildman–Crippen MR) is 80.9 cm³/mol. The van der Waals surface area contributed by atoms with Gasteiger partial charge in [-0.15, -0.1) is 0 Å². The number of hydrogen-bond acceptors (Lipinski definition) is 4. The number of amides is 3. The van der Waals surface area contributed by atoms with Crippen LogP contribution in [-0.4, -0.2) is 45.5 Å². The summed E-state index contributed by atoms with van der Waals surface area (Å²) in [5, 5.41) is 13.1. The molecule has 1 atom stereocenters. The predicted octanol–water partition coefficient (Wildman–Crippen LogP) is 1.54. The maximum atomic E-state index is 12.6. The van der Waals surface area contributed by atoms with Gasteiger partial charge in [-0.25, -0.2) is 4.79 Å². The molecule has 2 aliphatic heterocycles. The number of nitrogens with one attached hydrogen (secondary N) is 1. The zero-order chi connectivity index (χ0) is 14.9. The molecule has 21 heavy (non-hydrogen) atoms. The third-order valence-electron chi connectivity index (χ3n) is 4.13. The molecule has 3 amide bonds. The van der Waals surface area contributed by atoms with Crippen molar-refractivity contribution in [2.24, 2.45) is 0 Å². The zero-order valence-electron chi connectivity index (χ0n) is 11.6. The Morgan fingerprint density at radius 2 is 1.90 bits per heavy atom. The normalized spacial score (nSPS) is 22.4. The molecule has 6 heteroatoms. The first-order chi connectivity index (χ1) is 10.1. The standard InChI is InChI=1S/C15H18N2O3S/c18-12(11-4-2-1-3-5-11)10-17-13(19)15(16-14(17)20)6-8-21-9-7-15/h1-5,12,18H,6-10H2,(H,16,20)/t12-/m0/s1. The largest absolute Gasteiger partial charge is 0.387 e. The molecule has 112 valence electrons. The van der Waals surface area contributed by atoms with Crippen molar-refractivity contribution in [3.8, 4) is 0 Å². The molecule has 5 nitrogen and oxygen atoms in total. The van der Waals surface area contributed by atoms with Crippen molar-refractivity contribution >= 4 is 23.7 Å². The minimum atomic E-state index is -0.853. The van der Waals surface area contributed by atoms with E-state index in [2.05, 4.69) is 5.32 Å². The summed E-state index contributed by atoms with van der Waals surface area (Å²) in [4.78, 5) is 25.8. The lowest BCUT2D eigenvalue weighted by Gasteiger charge is -2.30. The van der Waals surface area contributed by atoms with Gasteiger partial charge in [0.05, 0.1) is 12.6 Å². The maximum Gasteiger partial charge on any atom is 0.325 e. The van der Waals surface area contributed by atoms with Gasteiger partial charge in [-0.3, -0.25) is 9.69 Å². The third-order valence-corrected chi connectivity index (χ3v) is 5.12. The number of hydrogen-bond donors (Lipinski definition) is 2. The van der Waals surface area contributed by atoms with Gasteiger partial charge >= 0.3 is 6.03 Å². The van der Waals surface area contributed by atoms with Gasteiger partial charge in [0.15, 0.2) is 0 Å². The van der Waals surface area contributed by atoms with E-state index in [0.717, 1.165) is 16.4 Å². The molecule has 2 fully saturated rings. The minimum Gasteiger partial charge on any atom is -0.387 e. The van der Waals surface area contributed by atoms with Crippen molar-refractivity contribution < 1.29 is 14.7 Å². The highest BCUT2D eigenvalue weighted by molar-refractivity contribution is 7.99. The average Bonchev–Trinajstić information content (AvgIpc) is 2.73. The summed E-state index contributed by atoms with van der Waals surface area (Å²) in [7, 11) is 0. The Kier molecular flexibility index (Phi) is 3.91. The van der Waals surface area contributed by atoms with Crippen LogP contribution in [0.3, 0.4) is 0 Å². The first-order valence-electron chi connectivity index (χ1n) is 7.07. The fraction of sp³-hybridized carbons (Fsp3) is 0.467. The second-order valence-electron chi connectivity index (χ2n) is 5.47. The first-order valence-corrected chi connectivity index (χ1v) is 8.23. The first kappa shape index (κ1) is 14.4. The molecule has 0 bridgehead atoms. The van der Waals surface area contributed by atoms with Gasteiger partial charge in [0.1, 0.15) is 5.54 Å². The van der Waals surface area contributed by atoms with Gasteiger partial charge in [0, 0.05) is 0 Å². The lowest BCUT2D eigenvalue weighted by molar-refractivity contribution is -0.132. The molecule has 2 heterocycles. The van der Waals surface area contributed by atoms with Crippen LogP contribution in [0.4, 0.5) is 4.79 Å². The van der Waals surface area contributed by atoms with Crippen LogP contribution in [0.2, 0.25) is 0 Å². The number of carbonyl (C=O) groups excluding carboxylic acids is 2. The fourth-order valence-corrected chi connectivity index (χ4v) is 4.04. The highest BCUT2D eigenvalue weighted by Gasteiger charge is 2.51. The van der Waals surface area contributed by atoms with Crippen LogP contribution >= 0.6 is 11.8 Å². The van der Waals surface area contributed by atoms with E-state index in [9.17, 15) is 14.7 Å². The number of aliphatic hydroxyl groups excluding tert-OH is 1. The van der Waals surface area contributed by atoms with Crippen molar-refractivity contribution in [1.82, 2.24) is 10.2 Å². The fourth-order valence-electron chi connectivity index (χ4n) is 2.85. The Labute approximate surface area is 127 Å². The van der Waals surface area contributed by atoms with Crippen LogP contribution in [0.5, 0.6) is 0 Å². The van der Waals surface area contributed by atoms with Crippen molar-refractivity contribution in [3.63, 3.8) is 0 Å². The van der Waals surface area contributed by atoms with Crippen molar-refractivity contribution in [2.45, 2.75) is 24.5 Å². The van der Waals surface area contributed by atoms with Crippen LogP contribution in [0, 0.1) is 0 Å². The van der Waals surface area contributed by atoms with Crippen LogP contribution in [0.15, 0.2) is 30.3 Å².